The van der Waals surface area contributed by atoms with Gasteiger partial charge in [0.15, 0.2) is 0 Å². The highest BCUT2D eigenvalue weighted by Gasteiger charge is 2.21. The van der Waals surface area contributed by atoms with Crippen LogP contribution < -0.4 is 5.56 Å². The molecule has 0 fully saturated rings. The SMILES string of the molecule is O=c1cc(CN2CCc3nc[nH]c3C2)c2cccc3c2n1CCC3. The highest BCUT2D eigenvalue weighted by atomic mass is 16.1. The van der Waals surface area contributed by atoms with E-state index in [9.17, 15) is 4.79 Å². The number of hydrogen-bond acceptors (Lipinski definition) is 3. The minimum absolute atomic E-state index is 0.142. The number of hydrogen-bond donors (Lipinski definition) is 1. The molecule has 3 aromatic rings. The summed E-state index contributed by atoms with van der Waals surface area (Å²) in [6, 6.07) is 8.31. The quantitative estimate of drug-likeness (QED) is 0.788. The molecule has 24 heavy (non-hydrogen) atoms. The van der Waals surface area contributed by atoms with Crippen molar-refractivity contribution in [1.82, 2.24) is 19.4 Å². The number of nitrogens with one attached hydrogen (secondary N) is 1. The average molecular weight is 320 g/mol. The summed E-state index contributed by atoms with van der Waals surface area (Å²) in [6.07, 6.45) is 4.88. The molecular weight excluding hydrogens is 300 g/mol. The van der Waals surface area contributed by atoms with Crippen molar-refractivity contribution in [1.29, 1.82) is 0 Å². The summed E-state index contributed by atoms with van der Waals surface area (Å²) in [7, 11) is 0. The van der Waals surface area contributed by atoms with Crippen LogP contribution in [0.2, 0.25) is 0 Å². The zero-order chi connectivity index (χ0) is 16.1. The van der Waals surface area contributed by atoms with Gasteiger partial charge < -0.3 is 9.55 Å². The zero-order valence-corrected chi connectivity index (χ0v) is 13.6. The molecule has 5 rings (SSSR count). The van der Waals surface area contributed by atoms with E-state index in [4.69, 9.17) is 0 Å². The van der Waals surface area contributed by atoms with E-state index >= 15 is 0 Å². The van der Waals surface area contributed by atoms with E-state index in [0.717, 1.165) is 56.5 Å². The van der Waals surface area contributed by atoms with E-state index in [2.05, 4.69) is 33.1 Å². The summed E-state index contributed by atoms with van der Waals surface area (Å²) in [4.78, 5) is 22.6. The Morgan fingerprint density at radius 3 is 3.12 bits per heavy atom. The largest absolute Gasteiger partial charge is 0.347 e. The molecular formula is C19H20N4O. The average Bonchev–Trinajstić information content (AvgIpc) is 3.07. The van der Waals surface area contributed by atoms with Gasteiger partial charge in [0, 0.05) is 44.1 Å². The topological polar surface area (TPSA) is 53.9 Å². The van der Waals surface area contributed by atoms with Gasteiger partial charge in [0.05, 0.1) is 23.2 Å². The second-order valence-corrected chi connectivity index (χ2v) is 6.86. The summed E-state index contributed by atoms with van der Waals surface area (Å²) in [5.41, 5.74) is 6.16. The Balaban J connectivity index is 1.57. The highest BCUT2D eigenvalue weighted by molar-refractivity contribution is 5.86. The van der Waals surface area contributed by atoms with Crippen LogP contribution >= 0.6 is 0 Å². The molecule has 0 amide bonds. The van der Waals surface area contributed by atoms with Crippen molar-refractivity contribution in [2.75, 3.05) is 6.54 Å². The third-order valence-corrected chi connectivity index (χ3v) is 5.38. The van der Waals surface area contributed by atoms with Crippen LogP contribution in [0, 0.1) is 0 Å². The summed E-state index contributed by atoms with van der Waals surface area (Å²) >= 11 is 0. The summed E-state index contributed by atoms with van der Waals surface area (Å²) in [6.45, 7) is 3.52. The molecule has 0 saturated carbocycles. The number of aromatic amines is 1. The molecule has 1 N–H and O–H groups in total. The van der Waals surface area contributed by atoms with Crippen LogP contribution in [0.5, 0.6) is 0 Å². The number of pyridine rings is 1. The van der Waals surface area contributed by atoms with Crippen LogP contribution in [0.1, 0.15) is 28.9 Å². The van der Waals surface area contributed by atoms with E-state index in [1.165, 1.54) is 22.3 Å². The van der Waals surface area contributed by atoms with E-state index in [-0.39, 0.29) is 5.56 Å². The Kier molecular flexibility index (Phi) is 3.10. The maximum Gasteiger partial charge on any atom is 0.251 e. The Labute approximate surface area is 139 Å². The van der Waals surface area contributed by atoms with Gasteiger partial charge in [-0.05, 0) is 24.0 Å². The number of imidazole rings is 1. The molecule has 2 aliphatic rings. The number of aromatic nitrogens is 3. The Bertz CT molecular complexity index is 985. The molecule has 2 aromatic heterocycles. The molecule has 0 radical (unpaired) electrons. The summed E-state index contributed by atoms with van der Waals surface area (Å²) in [5, 5.41) is 1.24. The number of benzene rings is 1. The third kappa shape index (κ3) is 2.12. The molecule has 0 bridgehead atoms. The van der Waals surface area contributed by atoms with Gasteiger partial charge in [0.2, 0.25) is 0 Å². The maximum atomic E-state index is 12.6. The fourth-order valence-electron chi connectivity index (χ4n) is 4.21. The highest BCUT2D eigenvalue weighted by Crippen LogP contribution is 2.27. The number of H-pyrrole nitrogens is 1. The van der Waals surface area contributed by atoms with Gasteiger partial charge in [0.25, 0.3) is 5.56 Å². The number of rotatable bonds is 2. The second-order valence-electron chi connectivity index (χ2n) is 6.86. The lowest BCUT2D eigenvalue weighted by Crippen LogP contribution is -2.31. The third-order valence-electron chi connectivity index (χ3n) is 5.38. The molecule has 4 heterocycles. The van der Waals surface area contributed by atoms with Crippen LogP contribution in [0.4, 0.5) is 0 Å². The van der Waals surface area contributed by atoms with Gasteiger partial charge in [0.1, 0.15) is 0 Å². The zero-order valence-electron chi connectivity index (χ0n) is 13.6. The molecule has 0 atom stereocenters. The van der Waals surface area contributed by atoms with Crippen molar-refractivity contribution in [3.05, 3.63) is 63.5 Å². The predicted molar refractivity (Wildman–Crippen MR) is 92.9 cm³/mol. The summed E-state index contributed by atoms with van der Waals surface area (Å²) < 4.78 is 1.96. The van der Waals surface area contributed by atoms with Gasteiger partial charge in [-0.3, -0.25) is 9.69 Å². The number of para-hydroxylation sites is 1. The molecule has 5 nitrogen and oxygen atoms in total. The first-order chi connectivity index (χ1) is 11.8. The monoisotopic (exact) mass is 320 g/mol. The van der Waals surface area contributed by atoms with Gasteiger partial charge in [-0.2, -0.15) is 0 Å². The van der Waals surface area contributed by atoms with Crippen molar-refractivity contribution in [2.24, 2.45) is 0 Å². The first-order valence-corrected chi connectivity index (χ1v) is 8.67. The van der Waals surface area contributed by atoms with Crippen molar-refractivity contribution < 1.29 is 0 Å². The first-order valence-electron chi connectivity index (χ1n) is 8.67. The minimum atomic E-state index is 0.142. The molecule has 1 aromatic carbocycles. The van der Waals surface area contributed by atoms with Crippen molar-refractivity contribution in [3.8, 4) is 0 Å². The van der Waals surface area contributed by atoms with Gasteiger partial charge in [-0.25, -0.2) is 4.98 Å². The number of fused-ring (bicyclic) bond motifs is 1. The van der Waals surface area contributed by atoms with E-state index < -0.39 is 0 Å². The molecule has 0 saturated heterocycles. The lowest BCUT2D eigenvalue weighted by atomic mass is 9.98. The molecule has 0 unspecified atom stereocenters. The Morgan fingerprint density at radius 1 is 1.21 bits per heavy atom. The van der Waals surface area contributed by atoms with Gasteiger partial charge in [-0.15, -0.1) is 0 Å². The van der Waals surface area contributed by atoms with Crippen LogP contribution in [-0.4, -0.2) is 26.0 Å². The van der Waals surface area contributed by atoms with Crippen molar-refractivity contribution in [2.45, 2.75) is 38.9 Å². The van der Waals surface area contributed by atoms with Crippen LogP contribution in [0.3, 0.4) is 0 Å². The molecule has 0 aliphatic carbocycles. The first kappa shape index (κ1) is 14.0. The maximum absolute atomic E-state index is 12.6. The van der Waals surface area contributed by atoms with Crippen LogP contribution in [0.25, 0.3) is 10.9 Å². The van der Waals surface area contributed by atoms with E-state index in [1.807, 2.05) is 10.6 Å². The summed E-state index contributed by atoms with van der Waals surface area (Å²) in [5.74, 6) is 0. The van der Waals surface area contributed by atoms with Gasteiger partial charge >= 0.3 is 0 Å². The normalized spacial score (nSPS) is 17.2. The predicted octanol–water partition coefficient (Wildman–Crippen LogP) is 2.23. The second kappa shape index (κ2) is 5.31. The Hall–Kier alpha value is -2.40. The van der Waals surface area contributed by atoms with Gasteiger partial charge in [-0.1, -0.05) is 18.2 Å². The number of nitrogens with zero attached hydrogens (tertiary/aromatic N) is 3. The van der Waals surface area contributed by atoms with E-state index in [0.29, 0.717) is 0 Å². The van der Waals surface area contributed by atoms with Crippen molar-refractivity contribution >= 4 is 10.9 Å². The van der Waals surface area contributed by atoms with Crippen molar-refractivity contribution in [3.63, 3.8) is 0 Å². The lowest BCUT2D eigenvalue weighted by molar-refractivity contribution is 0.242. The fraction of sp³-hybridized carbons (Fsp3) is 0.368. The minimum Gasteiger partial charge on any atom is -0.347 e. The lowest BCUT2D eigenvalue weighted by Gasteiger charge is -2.27. The molecule has 122 valence electrons. The standard InChI is InChI=1S/C19H20N4O/c24-18-9-14(10-22-8-6-16-17(11-22)21-12-20-16)15-5-1-3-13-4-2-7-23(18)19(13)15/h1,3,5,9,12H,2,4,6-8,10-11H2,(H,20,21). The van der Waals surface area contributed by atoms with E-state index in [1.54, 1.807) is 6.33 Å². The van der Waals surface area contributed by atoms with Crippen LogP contribution in [-0.2, 0) is 32.5 Å². The smallest absolute Gasteiger partial charge is 0.251 e. The molecule has 2 aliphatic heterocycles. The van der Waals surface area contributed by atoms with Crippen LogP contribution in [0.15, 0.2) is 35.4 Å². The number of aryl methyl sites for hydroxylation is 2. The molecule has 0 spiro atoms. The molecule has 5 heteroatoms. The Morgan fingerprint density at radius 2 is 2.17 bits per heavy atom. The fourth-order valence-corrected chi connectivity index (χ4v) is 4.21.